The molecule has 2 nitrogen and oxygen atoms in total. The third-order valence-corrected chi connectivity index (χ3v) is 3.83. The second-order valence-corrected chi connectivity index (χ2v) is 5.35. The van der Waals surface area contributed by atoms with Crippen molar-refractivity contribution < 1.29 is 4.79 Å². The Balaban J connectivity index is 2.61. The lowest BCUT2D eigenvalue weighted by atomic mass is 9.98. The van der Waals surface area contributed by atoms with Crippen LogP contribution in [-0.2, 0) is 4.79 Å². The standard InChI is InChI=1S/C15H23NOS/c1-4-6-8-12(5-2)15(17)16-13-9-7-10-14(11-13)18-3/h7,9-12H,4-6,8H2,1-3H3,(H,16,17)/t12-/m1/s1. The molecule has 1 aromatic carbocycles. The molecule has 0 bridgehead atoms. The second-order valence-electron chi connectivity index (χ2n) is 4.47. The van der Waals surface area contributed by atoms with Crippen molar-refractivity contribution >= 4 is 23.4 Å². The van der Waals surface area contributed by atoms with E-state index in [0.717, 1.165) is 31.4 Å². The van der Waals surface area contributed by atoms with Crippen LogP contribution < -0.4 is 5.32 Å². The van der Waals surface area contributed by atoms with Gasteiger partial charge in [-0.2, -0.15) is 0 Å². The second kappa shape index (κ2) is 8.20. The van der Waals surface area contributed by atoms with Gasteiger partial charge in [-0.05, 0) is 37.3 Å². The molecular weight excluding hydrogens is 242 g/mol. The van der Waals surface area contributed by atoms with Gasteiger partial charge >= 0.3 is 0 Å². The van der Waals surface area contributed by atoms with E-state index in [1.54, 1.807) is 11.8 Å². The molecule has 1 N–H and O–H groups in total. The zero-order chi connectivity index (χ0) is 13.4. The van der Waals surface area contributed by atoms with Gasteiger partial charge in [0.2, 0.25) is 5.91 Å². The predicted octanol–water partition coefficient (Wildman–Crippen LogP) is 4.56. The van der Waals surface area contributed by atoms with Crippen LogP contribution in [0.4, 0.5) is 5.69 Å². The third kappa shape index (κ3) is 4.73. The molecule has 0 fully saturated rings. The molecule has 3 heteroatoms. The molecular formula is C15H23NOS. The van der Waals surface area contributed by atoms with Crippen molar-refractivity contribution in [1.82, 2.24) is 0 Å². The van der Waals surface area contributed by atoms with E-state index >= 15 is 0 Å². The van der Waals surface area contributed by atoms with Crippen LogP contribution in [0.2, 0.25) is 0 Å². The van der Waals surface area contributed by atoms with Crippen molar-refractivity contribution in [2.24, 2.45) is 5.92 Å². The maximum absolute atomic E-state index is 12.1. The number of rotatable bonds is 7. The first-order valence-electron chi connectivity index (χ1n) is 6.66. The number of thioether (sulfide) groups is 1. The van der Waals surface area contributed by atoms with E-state index < -0.39 is 0 Å². The molecule has 0 aliphatic carbocycles. The first-order valence-corrected chi connectivity index (χ1v) is 7.88. The van der Waals surface area contributed by atoms with Crippen LogP contribution in [0.15, 0.2) is 29.2 Å². The lowest BCUT2D eigenvalue weighted by Gasteiger charge is -2.14. The fourth-order valence-corrected chi connectivity index (χ4v) is 2.38. The van der Waals surface area contributed by atoms with Gasteiger partial charge in [0.15, 0.2) is 0 Å². The van der Waals surface area contributed by atoms with Gasteiger partial charge in [0.05, 0.1) is 0 Å². The smallest absolute Gasteiger partial charge is 0.227 e. The van der Waals surface area contributed by atoms with Crippen LogP contribution in [0.25, 0.3) is 0 Å². The maximum atomic E-state index is 12.1. The summed E-state index contributed by atoms with van der Waals surface area (Å²) in [4.78, 5) is 13.3. The minimum absolute atomic E-state index is 0.142. The molecule has 0 aromatic heterocycles. The number of carbonyl (C=O) groups excluding carboxylic acids is 1. The summed E-state index contributed by atoms with van der Waals surface area (Å²) in [5, 5.41) is 3.02. The highest BCUT2D eigenvalue weighted by molar-refractivity contribution is 7.98. The van der Waals surface area contributed by atoms with E-state index in [4.69, 9.17) is 0 Å². The molecule has 18 heavy (non-hydrogen) atoms. The van der Waals surface area contributed by atoms with Crippen molar-refractivity contribution in [2.75, 3.05) is 11.6 Å². The number of nitrogens with one attached hydrogen (secondary N) is 1. The molecule has 0 radical (unpaired) electrons. The number of hydrogen-bond acceptors (Lipinski definition) is 2. The quantitative estimate of drug-likeness (QED) is 0.732. The zero-order valence-electron chi connectivity index (χ0n) is 11.5. The van der Waals surface area contributed by atoms with E-state index in [1.165, 1.54) is 4.90 Å². The molecule has 0 heterocycles. The summed E-state index contributed by atoms with van der Waals surface area (Å²) in [6.45, 7) is 4.24. The number of unbranched alkanes of at least 4 members (excludes halogenated alkanes) is 1. The van der Waals surface area contributed by atoms with E-state index in [0.29, 0.717) is 0 Å². The van der Waals surface area contributed by atoms with Crippen LogP contribution in [0.3, 0.4) is 0 Å². The highest BCUT2D eigenvalue weighted by atomic mass is 32.2. The zero-order valence-corrected chi connectivity index (χ0v) is 12.3. The summed E-state index contributed by atoms with van der Waals surface area (Å²) >= 11 is 1.69. The Hall–Kier alpha value is -0.960. The average Bonchev–Trinajstić information content (AvgIpc) is 2.40. The maximum Gasteiger partial charge on any atom is 0.227 e. The first-order chi connectivity index (χ1) is 8.71. The Morgan fingerprint density at radius 1 is 1.39 bits per heavy atom. The molecule has 0 spiro atoms. The first kappa shape index (κ1) is 15.1. The minimum atomic E-state index is 0.142. The Labute approximate surface area is 115 Å². The molecule has 0 saturated heterocycles. The van der Waals surface area contributed by atoms with Crippen LogP contribution >= 0.6 is 11.8 Å². The number of benzene rings is 1. The predicted molar refractivity (Wildman–Crippen MR) is 80.2 cm³/mol. The summed E-state index contributed by atoms with van der Waals surface area (Å²) in [5.74, 6) is 0.298. The fraction of sp³-hybridized carbons (Fsp3) is 0.533. The van der Waals surface area contributed by atoms with Crippen molar-refractivity contribution in [1.29, 1.82) is 0 Å². The molecule has 1 amide bonds. The van der Waals surface area contributed by atoms with E-state index in [1.807, 2.05) is 24.5 Å². The van der Waals surface area contributed by atoms with Crippen molar-refractivity contribution in [3.63, 3.8) is 0 Å². The van der Waals surface area contributed by atoms with Crippen molar-refractivity contribution in [3.05, 3.63) is 24.3 Å². The number of amides is 1. The molecule has 0 aliphatic rings. The summed E-state index contributed by atoms with van der Waals surface area (Å²) in [7, 11) is 0. The monoisotopic (exact) mass is 265 g/mol. The van der Waals surface area contributed by atoms with E-state index in [9.17, 15) is 4.79 Å². The van der Waals surface area contributed by atoms with Crippen molar-refractivity contribution in [2.45, 2.75) is 44.4 Å². The van der Waals surface area contributed by atoms with Gasteiger partial charge in [0.1, 0.15) is 0 Å². The number of hydrogen-bond donors (Lipinski definition) is 1. The molecule has 100 valence electrons. The van der Waals surface area contributed by atoms with Crippen LogP contribution in [0.1, 0.15) is 39.5 Å². The Bertz CT molecular complexity index is 379. The molecule has 1 aromatic rings. The van der Waals surface area contributed by atoms with E-state index in [2.05, 4.69) is 25.2 Å². The summed E-state index contributed by atoms with van der Waals surface area (Å²) in [5.41, 5.74) is 0.904. The van der Waals surface area contributed by atoms with Crippen LogP contribution in [0.5, 0.6) is 0 Å². The van der Waals surface area contributed by atoms with Gasteiger partial charge in [-0.1, -0.05) is 32.8 Å². The van der Waals surface area contributed by atoms with Crippen LogP contribution in [-0.4, -0.2) is 12.2 Å². The number of anilines is 1. The van der Waals surface area contributed by atoms with Gasteiger partial charge < -0.3 is 5.32 Å². The molecule has 0 aliphatic heterocycles. The fourth-order valence-electron chi connectivity index (χ4n) is 1.92. The molecule has 0 saturated carbocycles. The lowest BCUT2D eigenvalue weighted by molar-refractivity contribution is -0.120. The topological polar surface area (TPSA) is 29.1 Å². The van der Waals surface area contributed by atoms with Gasteiger partial charge in [0.25, 0.3) is 0 Å². The van der Waals surface area contributed by atoms with Crippen molar-refractivity contribution in [3.8, 4) is 0 Å². The Kier molecular flexibility index (Phi) is 6.88. The van der Waals surface area contributed by atoms with E-state index in [-0.39, 0.29) is 11.8 Å². The SMILES string of the molecule is CCCC[C@@H](CC)C(=O)Nc1cccc(SC)c1. The highest BCUT2D eigenvalue weighted by Crippen LogP contribution is 2.21. The molecule has 1 atom stereocenters. The minimum Gasteiger partial charge on any atom is -0.326 e. The summed E-state index contributed by atoms with van der Waals surface area (Å²) < 4.78 is 0. The number of carbonyl (C=O) groups is 1. The Morgan fingerprint density at radius 3 is 2.78 bits per heavy atom. The molecule has 0 unspecified atom stereocenters. The largest absolute Gasteiger partial charge is 0.326 e. The normalized spacial score (nSPS) is 12.2. The molecule has 1 rings (SSSR count). The summed E-state index contributed by atoms with van der Waals surface area (Å²) in [6.07, 6.45) is 6.20. The summed E-state index contributed by atoms with van der Waals surface area (Å²) in [6, 6.07) is 8.00. The highest BCUT2D eigenvalue weighted by Gasteiger charge is 2.15. The van der Waals surface area contributed by atoms with Gasteiger partial charge in [-0.25, -0.2) is 0 Å². The van der Waals surface area contributed by atoms with Gasteiger partial charge in [0, 0.05) is 16.5 Å². The average molecular weight is 265 g/mol. The lowest BCUT2D eigenvalue weighted by Crippen LogP contribution is -2.22. The third-order valence-electron chi connectivity index (χ3n) is 3.11. The van der Waals surface area contributed by atoms with Gasteiger partial charge in [-0.3, -0.25) is 4.79 Å². The van der Waals surface area contributed by atoms with Gasteiger partial charge in [-0.15, -0.1) is 11.8 Å². The van der Waals surface area contributed by atoms with Crippen LogP contribution in [0, 0.1) is 5.92 Å². The Morgan fingerprint density at radius 2 is 2.17 bits per heavy atom.